The highest BCUT2D eigenvalue weighted by Gasteiger charge is 2.24. The molecule has 0 aromatic carbocycles. The third-order valence-electron chi connectivity index (χ3n) is 11.9. The van der Waals surface area contributed by atoms with Gasteiger partial charge in [0.2, 0.25) is 5.91 Å². The summed E-state index contributed by atoms with van der Waals surface area (Å²) < 4.78 is 5.90. The number of carbonyl (C=O) groups excluding carboxylic acids is 2. The molecule has 0 fully saturated rings. The number of hydrogen-bond donors (Lipinski definition) is 3. The predicted molar refractivity (Wildman–Crippen MR) is 273 cm³/mol. The van der Waals surface area contributed by atoms with Crippen molar-refractivity contribution in [2.24, 2.45) is 0 Å². The van der Waals surface area contributed by atoms with E-state index in [-0.39, 0.29) is 24.9 Å². The van der Waals surface area contributed by atoms with E-state index >= 15 is 0 Å². The van der Waals surface area contributed by atoms with Crippen molar-refractivity contribution < 1.29 is 24.5 Å². The van der Waals surface area contributed by atoms with E-state index in [1.807, 2.05) is 36.5 Å². The van der Waals surface area contributed by atoms with E-state index in [4.69, 9.17) is 4.74 Å². The van der Waals surface area contributed by atoms with E-state index in [2.05, 4.69) is 62.5 Å². The molecule has 0 bridgehead atoms. The summed E-state index contributed by atoms with van der Waals surface area (Å²) >= 11 is 0. The second kappa shape index (κ2) is 50.3. The number of ether oxygens (including phenoxy) is 1. The van der Waals surface area contributed by atoms with Crippen molar-refractivity contribution in [2.45, 2.75) is 270 Å². The van der Waals surface area contributed by atoms with Gasteiger partial charge in [0.1, 0.15) is 6.10 Å². The average molecular weight is 880 g/mol. The molecule has 0 aliphatic carbocycles. The number of hydrogen-bond acceptors (Lipinski definition) is 5. The van der Waals surface area contributed by atoms with Crippen LogP contribution in [0.25, 0.3) is 0 Å². The van der Waals surface area contributed by atoms with Crippen molar-refractivity contribution in [3.05, 3.63) is 72.9 Å². The van der Waals surface area contributed by atoms with Gasteiger partial charge in [-0.25, -0.2) is 0 Å². The molecule has 0 rings (SSSR count). The van der Waals surface area contributed by atoms with Gasteiger partial charge in [0.25, 0.3) is 0 Å². The van der Waals surface area contributed by atoms with Crippen LogP contribution < -0.4 is 5.32 Å². The first-order valence-electron chi connectivity index (χ1n) is 26.7. The number of nitrogens with one attached hydrogen (secondary N) is 1. The van der Waals surface area contributed by atoms with E-state index in [0.29, 0.717) is 19.3 Å². The standard InChI is InChI=1S/C57H101NO5/c1-4-7-10-13-16-19-22-24-26-27-28-29-30-32-35-38-41-44-47-50-57(62)63-53(48-45-42-39-36-33-21-18-15-12-9-6-3)51-56(61)58-54(52-59)55(60)49-46-43-40-37-34-31-25-23-20-17-14-11-8-5-2/h9,12,15-16,18-19,21,24,26,33,36,39,53-55,59-60H,4-8,10-11,13-14,17,20,22-23,25,27-32,34-35,37-38,40-52H2,1-3H3,(H,58,61)/b12-9+,18-15+,19-16-,26-24-,33-21-,39-36-. The highest BCUT2D eigenvalue weighted by Crippen LogP contribution is 2.17. The Kier molecular flexibility index (Phi) is 48.1. The lowest BCUT2D eigenvalue weighted by Gasteiger charge is -2.24. The van der Waals surface area contributed by atoms with Gasteiger partial charge in [-0.15, -0.1) is 0 Å². The van der Waals surface area contributed by atoms with E-state index < -0.39 is 18.2 Å². The summed E-state index contributed by atoms with van der Waals surface area (Å²) in [7, 11) is 0. The van der Waals surface area contributed by atoms with Crippen molar-refractivity contribution in [3.8, 4) is 0 Å². The maximum absolute atomic E-state index is 13.2. The number of allylic oxidation sites excluding steroid dienone is 12. The molecule has 3 N–H and O–H groups in total. The van der Waals surface area contributed by atoms with Crippen molar-refractivity contribution in [3.63, 3.8) is 0 Å². The van der Waals surface area contributed by atoms with Crippen molar-refractivity contribution >= 4 is 11.9 Å². The van der Waals surface area contributed by atoms with Crippen LogP contribution >= 0.6 is 0 Å². The summed E-state index contributed by atoms with van der Waals surface area (Å²) in [5.41, 5.74) is 0. The lowest BCUT2D eigenvalue weighted by Crippen LogP contribution is -2.46. The molecule has 0 radical (unpaired) electrons. The molecular formula is C57H101NO5. The molecule has 364 valence electrons. The molecule has 0 aliphatic rings. The van der Waals surface area contributed by atoms with Crippen LogP contribution in [0.2, 0.25) is 0 Å². The molecule has 63 heavy (non-hydrogen) atoms. The van der Waals surface area contributed by atoms with Gasteiger partial charge in [0.15, 0.2) is 0 Å². The summed E-state index contributed by atoms with van der Waals surface area (Å²) in [4.78, 5) is 26.1. The van der Waals surface area contributed by atoms with Crippen molar-refractivity contribution in [2.75, 3.05) is 6.61 Å². The van der Waals surface area contributed by atoms with Crippen LogP contribution in [0.5, 0.6) is 0 Å². The van der Waals surface area contributed by atoms with Gasteiger partial charge in [-0.3, -0.25) is 9.59 Å². The number of carbonyl (C=O) groups is 2. The Bertz CT molecular complexity index is 1170. The van der Waals surface area contributed by atoms with E-state index in [1.54, 1.807) is 0 Å². The zero-order chi connectivity index (χ0) is 45.9. The maximum atomic E-state index is 13.2. The second-order valence-electron chi connectivity index (χ2n) is 18.0. The average Bonchev–Trinajstić information content (AvgIpc) is 3.28. The van der Waals surface area contributed by atoms with E-state index in [9.17, 15) is 19.8 Å². The minimum absolute atomic E-state index is 0.0281. The van der Waals surface area contributed by atoms with Gasteiger partial charge in [-0.2, -0.15) is 0 Å². The quantitative estimate of drug-likeness (QED) is 0.0245. The SMILES string of the molecule is CC/C=C/C=C/C=C\C=C/CCCC(CC(=O)NC(CO)C(O)CCCCCCCCCCCCCCCC)OC(=O)CCCCCCCCCCC/C=C\C/C=C\CCCCC. The van der Waals surface area contributed by atoms with Crippen LogP contribution in [0.4, 0.5) is 0 Å². The Balaban J connectivity index is 4.54. The van der Waals surface area contributed by atoms with E-state index in [1.165, 1.54) is 141 Å². The topological polar surface area (TPSA) is 95.9 Å². The number of aliphatic hydroxyl groups excluding tert-OH is 2. The first-order chi connectivity index (χ1) is 31.0. The van der Waals surface area contributed by atoms with Crippen molar-refractivity contribution in [1.29, 1.82) is 0 Å². The van der Waals surface area contributed by atoms with Crippen LogP contribution in [-0.2, 0) is 14.3 Å². The van der Waals surface area contributed by atoms with Gasteiger partial charge in [-0.1, -0.05) is 241 Å². The smallest absolute Gasteiger partial charge is 0.306 e. The van der Waals surface area contributed by atoms with Crippen molar-refractivity contribution in [1.82, 2.24) is 5.32 Å². The molecular weight excluding hydrogens is 779 g/mol. The van der Waals surface area contributed by atoms with E-state index in [0.717, 1.165) is 64.2 Å². The highest BCUT2D eigenvalue weighted by molar-refractivity contribution is 5.77. The summed E-state index contributed by atoms with van der Waals surface area (Å²) in [5, 5.41) is 23.8. The summed E-state index contributed by atoms with van der Waals surface area (Å²) in [6, 6.07) is -0.725. The number of amides is 1. The van der Waals surface area contributed by atoms with Gasteiger partial charge < -0.3 is 20.3 Å². The largest absolute Gasteiger partial charge is 0.462 e. The Labute approximate surface area is 390 Å². The molecule has 3 unspecified atom stereocenters. The molecule has 1 amide bonds. The number of esters is 1. The molecule has 0 aliphatic heterocycles. The minimum atomic E-state index is -0.808. The minimum Gasteiger partial charge on any atom is -0.462 e. The van der Waals surface area contributed by atoms with Crippen LogP contribution in [-0.4, -0.2) is 46.9 Å². The number of unbranched alkanes of at least 4 members (excludes halogenated alkanes) is 26. The number of aliphatic hydroxyl groups is 2. The van der Waals surface area contributed by atoms with Gasteiger partial charge in [0, 0.05) is 6.42 Å². The van der Waals surface area contributed by atoms with Crippen LogP contribution in [0.1, 0.15) is 252 Å². The van der Waals surface area contributed by atoms with Gasteiger partial charge in [0.05, 0.1) is 25.2 Å². The monoisotopic (exact) mass is 880 g/mol. The third-order valence-corrected chi connectivity index (χ3v) is 11.9. The lowest BCUT2D eigenvalue weighted by molar-refractivity contribution is -0.151. The molecule has 0 spiro atoms. The summed E-state index contributed by atoms with van der Waals surface area (Å²) in [6.07, 6.45) is 64.0. The first kappa shape index (κ1) is 60.3. The lowest BCUT2D eigenvalue weighted by atomic mass is 10.0. The Morgan fingerprint density at radius 3 is 1.48 bits per heavy atom. The highest BCUT2D eigenvalue weighted by atomic mass is 16.5. The predicted octanol–water partition coefficient (Wildman–Crippen LogP) is 16.2. The molecule has 6 nitrogen and oxygen atoms in total. The maximum Gasteiger partial charge on any atom is 0.306 e. The van der Waals surface area contributed by atoms with Crippen LogP contribution in [0.3, 0.4) is 0 Å². The molecule has 6 heteroatoms. The molecule has 0 saturated heterocycles. The normalized spacial score (nSPS) is 13.8. The molecule has 0 aromatic heterocycles. The zero-order valence-electron chi connectivity index (χ0n) is 41.4. The summed E-state index contributed by atoms with van der Waals surface area (Å²) in [5.74, 6) is -0.546. The van der Waals surface area contributed by atoms with Gasteiger partial charge >= 0.3 is 5.97 Å². The van der Waals surface area contributed by atoms with Crippen LogP contribution in [0.15, 0.2) is 72.9 Å². The Morgan fingerprint density at radius 2 is 0.937 bits per heavy atom. The summed E-state index contributed by atoms with van der Waals surface area (Å²) in [6.45, 7) is 6.30. The third kappa shape index (κ3) is 45.7. The molecule has 3 atom stereocenters. The fourth-order valence-corrected chi connectivity index (χ4v) is 7.83. The molecule has 0 heterocycles. The zero-order valence-corrected chi connectivity index (χ0v) is 41.4. The molecule has 0 saturated carbocycles. The first-order valence-corrected chi connectivity index (χ1v) is 26.7. The Hall–Kier alpha value is -2.70. The second-order valence-corrected chi connectivity index (χ2v) is 18.0. The Morgan fingerprint density at radius 1 is 0.492 bits per heavy atom. The van der Waals surface area contributed by atoms with Gasteiger partial charge in [-0.05, 0) is 70.6 Å². The van der Waals surface area contributed by atoms with Crippen LogP contribution in [0, 0.1) is 0 Å². The fraction of sp³-hybridized carbons (Fsp3) is 0.754. The fourth-order valence-electron chi connectivity index (χ4n) is 7.83. The molecule has 0 aromatic rings. The number of rotatable bonds is 47.